The van der Waals surface area contributed by atoms with Gasteiger partial charge in [-0.25, -0.2) is 0 Å². The molecule has 0 aliphatic carbocycles. The second-order valence-electron chi connectivity index (χ2n) is 8.82. The third-order valence-corrected chi connectivity index (χ3v) is 6.01. The lowest BCUT2D eigenvalue weighted by Crippen LogP contribution is -2.39. The molecule has 0 amide bonds. The van der Waals surface area contributed by atoms with Crippen molar-refractivity contribution in [2.45, 2.75) is 128 Å². The fraction of sp³-hybridized carbons (Fsp3) is 1.00. The molecule has 25 heavy (non-hydrogen) atoms. The Morgan fingerprint density at radius 2 is 1.08 bits per heavy atom. The molecule has 0 radical (unpaired) electrons. The number of hydrogen-bond acceptors (Lipinski definition) is 2. The lowest BCUT2D eigenvalue weighted by Gasteiger charge is -2.27. The number of unbranched alkanes of at least 4 members (excludes halogenated alkanes) is 14. The highest BCUT2D eigenvalue weighted by molar-refractivity contribution is 4.98. The van der Waals surface area contributed by atoms with Crippen molar-refractivity contribution < 1.29 is 4.74 Å². The third-order valence-electron chi connectivity index (χ3n) is 6.01. The second-order valence-corrected chi connectivity index (χ2v) is 8.82. The van der Waals surface area contributed by atoms with E-state index in [-0.39, 0.29) is 5.60 Å². The summed E-state index contributed by atoms with van der Waals surface area (Å²) in [5, 5.41) is 0. The minimum Gasteiger partial charge on any atom is -0.368 e. The topological polar surface area (TPSA) is 15.8 Å². The SMILES string of the molecule is CCCCCCCCCCCCCCCCCC(N(C)C)C1(C)CO1. The van der Waals surface area contributed by atoms with Crippen LogP contribution in [-0.4, -0.2) is 37.2 Å². The van der Waals surface area contributed by atoms with Crippen molar-refractivity contribution >= 4 is 0 Å². The average Bonchev–Trinajstić information content (AvgIpc) is 3.32. The van der Waals surface area contributed by atoms with Gasteiger partial charge in [-0.15, -0.1) is 0 Å². The van der Waals surface area contributed by atoms with Crippen LogP contribution < -0.4 is 0 Å². The van der Waals surface area contributed by atoms with E-state index in [4.69, 9.17) is 4.74 Å². The molecular formula is C23H47NO. The largest absolute Gasteiger partial charge is 0.368 e. The molecule has 0 aromatic heterocycles. The Morgan fingerprint density at radius 3 is 1.40 bits per heavy atom. The molecular weight excluding hydrogens is 306 g/mol. The minimum absolute atomic E-state index is 0.152. The second kappa shape index (κ2) is 14.0. The summed E-state index contributed by atoms with van der Waals surface area (Å²) in [5.74, 6) is 0. The molecule has 1 rings (SSSR count). The highest BCUT2D eigenvalue weighted by Gasteiger charge is 2.47. The summed E-state index contributed by atoms with van der Waals surface area (Å²) < 4.78 is 5.65. The summed E-state index contributed by atoms with van der Waals surface area (Å²) in [6.07, 6.45) is 22.9. The number of rotatable bonds is 18. The summed E-state index contributed by atoms with van der Waals surface area (Å²) >= 11 is 0. The zero-order valence-electron chi connectivity index (χ0n) is 18.0. The predicted octanol–water partition coefficient (Wildman–Crippen LogP) is 6.97. The first-order valence-corrected chi connectivity index (χ1v) is 11.4. The van der Waals surface area contributed by atoms with Crippen molar-refractivity contribution in [3.63, 3.8) is 0 Å². The molecule has 1 fully saturated rings. The van der Waals surface area contributed by atoms with Gasteiger partial charge >= 0.3 is 0 Å². The lowest BCUT2D eigenvalue weighted by atomic mass is 9.95. The summed E-state index contributed by atoms with van der Waals surface area (Å²) in [7, 11) is 4.39. The van der Waals surface area contributed by atoms with E-state index in [0.29, 0.717) is 6.04 Å². The van der Waals surface area contributed by atoms with Gasteiger partial charge in [0.05, 0.1) is 6.61 Å². The average molecular weight is 354 g/mol. The number of likely N-dealkylation sites (N-methyl/N-ethyl adjacent to an activating group) is 1. The zero-order chi connectivity index (χ0) is 18.4. The van der Waals surface area contributed by atoms with Crippen LogP contribution in [0.2, 0.25) is 0 Å². The fourth-order valence-corrected chi connectivity index (χ4v) is 4.12. The Morgan fingerprint density at radius 1 is 0.720 bits per heavy atom. The molecule has 0 bridgehead atoms. The van der Waals surface area contributed by atoms with Crippen LogP contribution in [0.1, 0.15) is 117 Å². The van der Waals surface area contributed by atoms with Gasteiger partial charge in [-0.1, -0.05) is 103 Å². The van der Waals surface area contributed by atoms with E-state index < -0.39 is 0 Å². The molecule has 0 spiro atoms. The van der Waals surface area contributed by atoms with Crippen molar-refractivity contribution in [3.8, 4) is 0 Å². The quantitative estimate of drug-likeness (QED) is 0.195. The van der Waals surface area contributed by atoms with E-state index in [1.165, 1.54) is 103 Å². The van der Waals surface area contributed by atoms with Crippen molar-refractivity contribution in [2.75, 3.05) is 20.7 Å². The van der Waals surface area contributed by atoms with Crippen molar-refractivity contribution in [1.82, 2.24) is 4.90 Å². The lowest BCUT2D eigenvalue weighted by molar-refractivity contribution is 0.154. The summed E-state index contributed by atoms with van der Waals surface area (Å²) in [4.78, 5) is 2.36. The van der Waals surface area contributed by atoms with Gasteiger partial charge in [0.1, 0.15) is 5.60 Å². The van der Waals surface area contributed by atoms with Crippen molar-refractivity contribution in [1.29, 1.82) is 0 Å². The smallest absolute Gasteiger partial charge is 0.104 e. The minimum atomic E-state index is 0.152. The van der Waals surface area contributed by atoms with E-state index in [2.05, 4.69) is 32.8 Å². The Labute approximate surface area is 159 Å². The molecule has 1 aliphatic heterocycles. The molecule has 0 N–H and O–H groups in total. The standard InChI is InChI=1S/C23H47NO/c1-5-6-7-8-9-10-11-12-13-14-15-16-17-18-19-20-22(24(3)4)23(2)21-25-23/h22H,5-21H2,1-4H3. The summed E-state index contributed by atoms with van der Waals surface area (Å²) in [6.45, 7) is 5.52. The first kappa shape index (κ1) is 23.0. The van der Waals surface area contributed by atoms with Gasteiger partial charge < -0.3 is 9.64 Å². The highest BCUT2D eigenvalue weighted by Crippen LogP contribution is 2.35. The fourth-order valence-electron chi connectivity index (χ4n) is 4.12. The van der Waals surface area contributed by atoms with Crippen LogP contribution in [0, 0.1) is 0 Å². The van der Waals surface area contributed by atoms with E-state index >= 15 is 0 Å². The highest BCUT2D eigenvalue weighted by atomic mass is 16.6. The van der Waals surface area contributed by atoms with Gasteiger partial charge in [-0.2, -0.15) is 0 Å². The molecule has 0 aromatic carbocycles. The monoisotopic (exact) mass is 353 g/mol. The Kier molecular flexibility index (Phi) is 12.9. The van der Waals surface area contributed by atoms with E-state index in [1.54, 1.807) is 0 Å². The van der Waals surface area contributed by atoms with Crippen LogP contribution >= 0.6 is 0 Å². The maximum absolute atomic E-state index is 5.65. The Balaban J connectivity index is 1.79. The van der Waals surface area contributed by atoms with Gasteiger partial charge in [0, 0.05) is 6.04 Å². The van der Waals surface area contributed by atoms with Crippen LogP contribution in [0.4, 0.5) is 0 Å². The number of nitrogens with zero attached hydrogens (tertiary/aromatic N) is 1. The molecule has 0 aromatic rings. The van der Waals surface area contributed by atoms with Crippen LogP contribution in [0.3, 0.4) is 0 Å². The van der Waals surface area contributed by atoms with E-state index in [9.17, 15) is 0 Å². The van der Waals surface area contributed by atoms with Gasteiger partial charge in [0.25, 0.3) is 0 Å². The van der Waals surface area contributed by atoms with Crippen LogP contribution in [0.25, 0.3) is 0 Å². The zero-order valence-corrected chi connectivity index (χ0v) is 18.0. The molecule has 2 nitrogen and oxygen atoms in total. The van der Waals surface area contributed by atoms with Gasteiger partial charge in [0.15, 0.2) is 0 Å². The maximum atomic E-state index is 5.65. The summed E-state index contributed by atoms with van der Waals surface area (Å²) in [5.41, 5.74) is 0.152. The molecule has 150 valence electrons. The molecule has 1 heterocycles. The van der Waals surface area contributed by atoms with Gasteiger partial charge in [-0.3, -0.25) is 0 Å². The summed E-state index contributed by atoms with van der Waals surface area (Å²) in [6, 6.07) is 0.606. The van der Waals surface area contributed by atoms with E-state index in [0.717, 1.165) is 6.61 Å². The van der Waals surface area contributed by atoms with Crippen LogP contribution in [-0.2, 0) is 4.74 Å². The van der Waals surface area contributed by atoms with Crippen molar-refractivity contribution in [3.05, 3.63) is 0 Å². The molecule has 1 saturated heterocycles. The van der Waals surface area contributed by atoms with Crippen LogP contribution in [0.5, 0.6) is 0 Å². The predicted molar refractivity (Wildman–Crippen MR) is 111 cm³/mol. The molecule has 0 saturated carbocycles. The number of epoxide rings is 1. The van der Waals surface area contributed by atoms with Crippen molar-refractivity contribution in [2.24, 2.45) is 0 Å². The maximum Gasteiger partial charge on any atom is 0.104 e. The third kappa shape index (κ3) is 11.3. The molecule has 2 atom stereocenters. The molecule has 2 unspecified atom stereocenters. The van der Waals surface area contributed by atoms with Crippen LogP contribution in [0.15, 0.2) is 0 Å². The molecule has 1 aliphatic rings. The van der Waals surface area contributed by atoms with E-state index in [1.807, 2.05) is 0 Å². The Bertz CT molecular complexity index is 298. The van der Waals surface area contributed by atoms with Gasteiger partial charge in [0.2, 0.25) is 0 Å². The first-order chi connectivity index (χ1) is 12.1. The molecule has 2 heteroatoms. The van der Waals surface area contributed by atoms with Gasteiger partial charge in [-0.05, 0) is 27.4 Å². The number of ether oxygens (including phenoxy) is 1. The first-order valence-electron chi connectivity index (χ1n) is 11.4. The number of hydrogen-bond donors (Lipinski definition) is 0. The normalized spacial score (nSPS) is 21.0. The Hall–Kier alpha value is -0.0800.